The van der Waals surface area contributed by atoms with Gasteiger partial charge < -0.3 is 18.8 Å². The first-order valence-electron chi connectivity index (χ1n) is 8.79. The maximum Gasteiger partial charge on any atom is 0.290 e. The normalized spacial score (nSPS) is 16.9. The number of benzene rings is 1. The standard InChI is InChI=1S/C20H22N2O6/c1-13-6-8-14(9-7-13)22-17(23)11-15(19(22)24)21(12-18(26-2)27-3)20(25)16-5-4-10-28-16/h4-10,15,18H,11-12H2,1-3H3. The Balaban J connectivity index is 1.91. The summed E-state index contributed by atoms with van der Waals surface area (Å²) in [5.41, 5.74) is 1.49. The van der Waals surface area contributed by atoms with E-state index in [-0.39, 0.29) is 24.6 Å². The van der Waals surface area contributed by atoms with Gasteiger partial charge in [-0.25, -0.2) is 4.90 Å². The van der Waals surface area contributed by atoms with Gasteiger partial charge in [0.1, 0.15) is 6.04 Å². The lowest BCUT2D eigenvalue weighted by Crippen LogP contribution is -2.49. The van der Waals surface area contributed by atoms with E-state index in [1.807, 2.05) is 19.1 Å². The van der Waals surface area contributed by atoms with Gasteiger partial charge in [-0.2, -0.15) is 0 Å². The van der Waals surface area contributed by atoms with Crippen LogP contribution in [0.3, 0.4) is 0 Å². The molecule has 0 saturated carbocycles. The van der Waals surface area contributed by atoms with Gasteiger partial charge in [0.2, 0.25) is 5.91 Å². The van der Waals surface area contributed by atoms with Gasteiger partial charge in [0, 0.05) is 14.2 Å². The lowest BCUT2D eigenvalue weighted by molar-refractivity contribution is -0.128. The van der Waals surface area contributed by atoms with Crippen molar-refractivity contribution in [2.75, 3.05) is 25.7 Å². The monoisotopic (exact) mass is 386 g/mol. The number of anilines is 1. The number of furan rings is 1. The molecule has 8 nitrogen and oxygen atoms in total. The Kier molecular flexibility index (Phi) is 5.91. The molecule has 28 heavy (non-hydrogen) atoms. The smallest absolute Gasteiger partial charge is 0.290 e. The highest BCUT2D eigenvalue weighted by Gasteiger charge is 2.45. The van der Waals surface area contributed by atoms with Crippen molar-refractivity contribution in [2.24, 2.45) is 0 Å². The maximum atomic E-state index is 13.1. The van der Waals surface area contributed by atoms with E-state index < -0.39 is 24.1 Å². The molecule has 1 atom stereocenters. The minimum Gasteiger partial charge on any atom is -0.459 e. The Bertz CT molecular complexity index is 842. The topological polar surface area (TPSA) is 89.3 Å². The fourth-order valence-electron chi connectivity index (χ4n) is 3.12. The highest BCUT2D eigenvalue weighted by molar-refractivity contribution is 6.23. The zero-order chi connectivity index (χ0) is 20.3. The quantitative estimate of drug-likeness (QED) is 0.534. The summed E-state index contributed by atoms with van der Waals surface area (Å²) in [7, 11) is 2.87. The molecule has 3 rings (SSSR count). The lowest BCUT2D eigenvalue weighted by atomic mass is 10.2. The second-order valence-corrected chi connectivity index (χ2v) is 6.46. The van der Waals surface area contributed by atoms with Crippen LogP contribution in [0.2, 0.25) is 0 Å². The molecule has 8 heteroatoms. The van der Waals surface area contributed by atoms with Crippen molar-refractivity contribution in [1.82, 2.24) is 4.90 Å². The van der Waals surface area contributed by atoms with E-state index in [2.05, 4.69) is 0 Å². The molecule has 2 aromatic rings. The van der Waals surface area contributed by atoms with Crippen LogP contribution in [-0.4, -0.2) is 55.7 Å². The number of imide groups is 1. The molecule has 3 amide bonds. The second kappa shape index (κ2) is 8.37. The molecule has 0 N–H and O–H groups in total. The largest absolute Gasteiger partial charge is 0.459 e. The van der Waals surface area contributed by atoms with E-state index in [1.54, 1.807) is 18.2 Å². The Morgan fingerprint density at radius 2 is 1.89 bits per heavy atom. The molecule has 148 valence electrons. The summed E-state index contributed by atoms with van der Waals surface area (Å²) in [6.45, 7) is 1.89. The van der Waals surface area contributed by atoms with Gasteiger partial charge in [0.15, 0.2) is 12.1 Å². The Hall–Kier alpha value is -2.97. The van der Waals surface area contributed by atoms with Crippen molar-refractivity contribution in [1.29, 1.82) is 0 Å². The number of hydrogen-bond donors (Lipinski definition) is 0. The van der Waals surface area contributed by atoms with Gasteiger partial charge in [0.05, 0.1) is 24.9 Å². The summed E-state index contributed by atoms with van der Waals surface area (Å²) in [4.78, 5) is 41.0. The molecule has 0 aliphatic carbocycles. The van der Waals surface area contributed by atoms with E-state index in [1.165, 1.54) is 31.4 Å². The van der Waals surface area contributed by atoms with Crippen LogP contribution in [-0.2, 0) is 19.1 Å². The molecule has 1 aromatic heterocycles. The van der Waals surface area contributed by atoms with E-state index in [4.69, 9.17) is 13.9 Å². The van der Waals surface area contributed by atoms with Crippen LogP contribution in [0.5, 0.6) is 0 Å². The van der Waals surface area contributed by atoms with Gasteiger partial charge in [-0.3, -0.25) is 14.4 Å². The van der Waals surface area contributed by atoms with Crippen LogP contribution in [0.4, 0.5) is 5.69 Å². The van der Waals surface area contributed by atoms with Crippen LogP contribution in [0.1, 0.15) is 22.5 Å². The van der Waals surface area contributed by atoms with Crippen LogP contribution >= 0.6 is 0 Å². The lowest BCUT2D eigenvalue weighted by Gasteiger charge is -2.29. The number of nitrogens with zero attached hydrogens (tertiary/aromatic N) is 2. The number of ether oxygens (including phenoxy) is 2. The molecule has 1 aliphatic rings. The predicted molar refractivity (Wildman–Crippen MR) is 99.6 cm³/mol. The van der Waals surface area contributed by atoms with Crippen molar-refractivity contribution in [3.8, 4) is 0 Å². The zero-order valence-electron chi connectivity index (χ0n) is 16.0. The molecule has 1 aromatic carbocycles. The molecule has 0 bridgehead atoms. The van der Waals surface area contributed by atoms with Crippen molar-refractivity contribution < 1.29 is 28.3 Å². The molecule has 0 spiro atoms. The van der Waals surface area contributed by atoms with Gasteiger partial charge >= 0.3 is 0 Å². The molecular weight excluding hydrogens is 364 g/mol. The summed E-state index contributed by atoms with van der Waals surface area (Å²) in [6.07, 6.45) is 0.491. The van der Waals surface area contributed by atoms with Crippen molar-refractivity contribution in [2.45, 2.75) is 25.7 Å². The van der Waals surface area contributed by atoms with Gasteiger partial charge in [-0.15, -0.1) is 0 Å². The third kappa shape index (κ3) is 3.83. The Morgan fingerprint density at radius 1 is 1.21 bits per heavy atom. The average molecular weight is 386 g/mol. The van der Waals surface area contributed by atoms with Crippen LogP contribution in [0.25, 0.3) is 0 Å². The minimum absolute atomic E-state index is 0.0298. The predicted octanol–water partition coefficient (Wildman–Crippen LogP) is 1.98. The summed E-state index contributed by atoms with van der Waals surface area (Å²) in [5.74, 6) is -1.29. The number of rotatable bonds is 7. The number of amides is 3. The number of hydrogen-bond acceptors (Lipinski definition) is 6. The van der Waals surface area contributed by atoms with Crippen molar-refractivity contribution >= 4 is 23.4 Å². The van der Waals surface area contributed by atoms with Gasteiger partial charge in [0.25, 0.3) is 11.8 Å². The number of methoxy groups -OCH3 is 2. The summed E-state index contributed by atoms with van der Waals surface area (Å²) in [6, 6.07) is 9.17. The molecule has 1 fully saturated rings. The van der Waals surface area contributed by atoms with E-state index in [9.17, 15) is 14.4 Å². The first-order chi connectivity index (χ1) is 13.5. The minimum atomic E-state index is -0.973. The summed E-state index contributed by atoms with van der Waals surface area (Å²) in [5, 5.41) is 0. The first kappa shape index (κ1) is 19.8. The summed E-state index contributed by atoms with van der Waals surface area (Å²) >= 11 is 0. The van der Waals surface area contributed by atoms with Crippen molar-refractivity contribution in [3.63, 3.8) is 0 Å². The van der Waals surface area contributed by atoms with Gasteiger partial charge in [-0.05, 0) is 31.2 Å². The molecule has 2 heterocycles. The maximum absolute atomic E-state index is 13.1. The zero-order valence-corrected chi connectivity index (χ0v) is 16.0. The SMILES string of the molecule is COC(CN(C(=O)c1ccco1)C1CC(=O)N(c2ccc(C)cc2)C1=O)OC. The van der Waals surface area contributed by atoms with Crippen LogP contribution in [0.15, 0.2) is 47.1 Å². The molecule has 1 unspecified atom stereocenters. The second-order valence-electron chi connectivity index (χ2n) is 6.46. The molecule has 1 saturated heterocycles. The number of carbonyl (C=O) groups is 3. The Morgan fingerprint density at radius 3 is 2.46 bits per heavy atom. The third-order valence-corrected chi connectivity index (χ3v) is 4.66. The van der Waals surface area contributed by atoms with E-state index in [0.717, 1.165) is 10.5 Å². The average Bonchev–Trinajstić information content (AvgIpc) is 3.32. The fraction of sp³-hybridized carbons (Fsp3) is 0.350. The molecule has 1 aliphatic heterocycles. The highest BCUT2D eigenvalue weighted by atomic mass is 16.7. The van der Waals surface area contributed by atoms with E-state index >= 15 is 0 Å². The first-order valence-corrected chi connectivity index (χ1v) is 8.79. The molecular formula is C20H22N2O6. The summed E-state index contributed by atoms with van der Waals surface area (Å²) < 4.78 is 15.6. The Labute approximate surface area is 162 Å². The number of aryl methyl sites for hydroxylation is 1. The van der Waals surface area contributed by atoms with Crippen molar-refractivity contribution in [3.05, 3.63) is 54.0 Å². The van der Waals surface area contributed by atoms with Gasteiger partial charge in [-0.1, -0.05) is 17.7 Å². The molecule has 0 radical (unpaired) electrons. The third-order valence-electron chi connectivity index (χ3n) is 4.66. The fourth-order valence-corrected chi connectivity index (χ4v) is 3.12. The highest BCUT2D eigenvalue weighted by Crippen LogP contribution is 2.27. The van der Waals surface area contributed by atoms with Crippen LogP contribution in [0, 0.1) is 6.92 Å². The van der Waals surface area contributed by atoms with E-state index in [0.29, 0.717) is 5.69 Å². The number of carbonyl (C=O) groups excluding carboxylic acids is 3. The van der Waals surface area contributed by atoms with Crippen LogP contribution < -0.4 is 4.90 Å².